The molecule has 0 unspecified atom stereocenters. The van der Waals surface area contributed by atoms with E-state index in [2.05, 4.69) is 49.9 Å². The van der Waals surface area contributed by atoms with Crippen molar-refractivity contribution in [1.82, 2.24) is 15.5 Å². The topological polar surface area (TPSA) is 56.7 Å². The summed E-state index contributed by atoms with van der Waals surface area (Å²) in [4.78, 5) is 19.6. The number of nitrogens with one attached hydrogen (secondary N) is 2. The zero-order chi connectivity index (χ0) is 18.9. The van der Waals surface area contributed by atoms with Gasteiger partial charge in [0.05, 0.1) is 6.54 Å². The van der Waals surface area contributed by atoms with Crippen molar-refractivity contribution in [2.45, 2.75) is 26.4 Å². The highest BCUT2D eigenvalue weighted by atomic mass is 79.9. The minimum Gasteiger partial charge on any atom is -0.356 e. The van der Waals surface area contributed by atoms with Crippen molar-refractivity contribution in [3.8, 4) is 0 Å². The summed E-state index contributed by atoms with van der Waals surface area (Å²) in [5, 5.41) is 8.57. The van der Waals surface area contributed by atoms with E-state index in [9.17, 15) is 4.79 Å². The molecule has 0 aliphatic rings. The van der Waals surface area contributed by atoms with Gasteiger partial charge in [-0.1, -0.05) is 34.1 Å². The van der Waals surface area contributed by atoms with E-state index < -0.39 is 0 Å². The van der Waals surface area contributed by atoms with Crippen LogP contribution in [0.15, 0.2) is 45.2 Å². The van der Waals surface area contributed by atoms with Crippen LogP contribution in [-0.4, -0.2) is 37.4 Å². The van der Waals surface area contributed by atoms with Crippen molar-refractivity contribution in [2.24, 2.45) is 4.99 Å². The molecule has 1 heterocycles. The Morgan fingerprint density at radius 3 is 2.69 bits per heavy atom. The molecular formula is C19H25BrN4OS. The van der Waals surface area contributed by atoms with Gasteiger partial charge in [-0.3, -0.25) is 9.79 Å². The van der Waals surface area contributed by atoms with Gasteiger partial charge in [0.15, 0.2) is 5.96 Å². The van der Waals surface area contributed by atoms with E-state index in [1.54, 1.807) is 23.3 Å². The van der Waals surface area contributed by atoms with Crippen molar-refractivity contribution < 1.29 is 4.79 Å². The summed E-state index contributed by atoms with van der Waals surface area (Å²) >= 11 is 5.25. The van der Waals surface area contributed by atoms with Crippen LogP contribution in [0.4, 0.5) is 0 Å². The fourth-order valence-corrected chi connectivity index (χ4v) is 3.67. The molecule has 1 aromatic heterocycles. The molecule has 2 aromatic rings. The Bertz CT molecular complexity index is 760. The lowest BCUT2D eigenvalue weighted by Crippen LogP contribution is -2.39. The number of aryl methyl sites for hydroxylation is 1. The molecule has 0 saturated carbocycles. The Morgan fingerprint density at radius 2 is 2.04 bits per heavy atom. The number of aliphatic imine (C=N–C) groups is 1. The van der Waals surface area contributed by atoms with Crippen LogP contribution < -0.4 is 10.6 Å². The first kappa shape index (κ1) is 20.5. The van der Waals surface area contributed by atoms with E-state index in [0.717, 1.165) is 16.6 Å². The molecule has 2 rings (SSSR count). The number of carbonyl (C=O) groups excluding carboxylic acids is 1. The standard InChI is InChI=1S/C19H25BrN4OS/c1-14-9-11-26-17(14)12-23-19(21-2)22-10-8-18(25)24(3)13-15-6-4-5-7-16(15)20/h4-7,9,11H,8,10,12-13H2,1-3H3,(H2,21,22,23). The molecule has 0 fully saturated rings. The maximum atomic E-state index is 12.3. The van der Waals surface area contributed by atoms with Gasteiger partial charge < -0.3 is 15.5 Å². The second-order valence-corrected chi connectivity index (χ2v) is 7.83. The predicted octanol–water partition coefficient (Wildman–Crippen LogP) is 3.53. The monoisotopic (exact) mass is 436 g/mol. The Morgan fingerprint density at radius 1 is 1.27 bits per heavy atom. The lowest BCUT2D eigenvalue weighted by atomic mass is 10.2. The summed E-state index contributed by atoms with van der Waals surface area (Å²) in [5.74, 6) is 0.803. The summed E-state index contributed by atoms with van der Waals surface area (Å²) in [7, 11) is 3.56. The minimum atomic E-state index is 0.0952. The summed E-state index contributed by atoms with van der Waals surface area (Å²) < 4.78 is 1.02. The molecule has 1 aromatic carbocycles. The van der Waals surface area contributed by atoms with Gasteiger partial charge in [0.25, 0.3) is 0 Å². The molecule has 0 bridgehead atoms. The predicted molar refractivity (Wildman–Crippen MR) is 112 cm³/mol. The number of hydrogen-bond donors (Lipinski definition) is 2. The van der Waals surface area contributed by atoms with Crippen molar-refractivity contribution >= 4 is 39.1 Å². The number of halogens is 1. The third-order valence-electron chi connectivity index (χ3n) is 4.03. The Hall–Kier alpha value is -1.86. The number of guanidine groups is 1. The highest BCUT2D eigenvalue weighted by Crippen LogP contribution is 2.17. The Kier molecular flexibility index (Phi) is 8.12. The van der Waals surface area contributed by atoms with E-state index in [0.29, 0.717) is 25.5 Å². The first-order valence-electron chi connectivity index (χ1n) is 8.46. The number of thiophene rings is 1. The number of rotatable bonds is 7. The van der Waals surface area contributed by atoms with Crippen LogP contribution in [0, 0.1) is 6.92 Å². The normalized spacial score (nSPS) is 11.3. The summed E-state index contributed by atoms with van der Waals surface area (Å²) in [5.41, 5.74) is 2.38. The summed E-state index contributed by atoms with van der Waals surface area (Å²) in [6.07, 6.45) is 0.416. The molecule has 5 nitrogen and oxygen atoms in total. The van der Waals surface area contributed by atoms with Crippen molar-refractivity contribution in [1.29, 1.82) is 0 Å². The van der Waals surface area contributed by atoms with Crippen LogP contribution in [0.5, 0.6) is 0 Å². The van der Waals surface area contributed by atoms with E-state index in [4.69, 9.17) is 0 Å². The van der Waals surface area contributed by atoms with Crippen molar-refractivity contribution in [2.75, 3.05) is 20.6 Å². The third kappa shape index (κ3) is 6.14. The van der Waals surface area contributed by atoms with Crippen LogP contribution >= 0.6 is 27.3 Å². The number of benzene rings is 1. The summed E-state index contributed by atoms with van der Waals surface area (Å²) in [6, 6.07) is 10.1. The van der Waals surface area contributed by atoms with Gasteiger partial charge in [-0.05, 0) is 35.6 Å². The molecule has 1 amide bonds. The van der Waals surface area contributed by atoms with E-state index >= 15 is 0 Å². The molecule has 0 atom stereocenters. The number of amides is 1. The average molecular weight is 437 g/mol. The molecular weight excluding hydrogens is 412 g/mol. The second-order valence-electron chi connectivity index (χ2n) is 5.97. The second kappa shape index (κ2) is 10.3. The number of nitrogens with zero attached hydrogens (tertiary/aromatic N) is 2. The van der Waals surface area contributed by atoms with Crippen molar-refractivity contribution in [3.05, 3.63) is 56.2 Å². The molecule has 26 heavy (non-hydrogen) atoms. The van der Waals surface area contributed by atoms with Gasteiger partial charge in [0.2, 0.25) is 5.91 Å². The minimum absolute atomic E-state index is 0.0952. The van der Waals surface area contributed by atoms with Gasteiger partial charge >= 0.3 is 0 Å². The maximum absolute atomic E-state index is 12.3. The quantitative estimate of drug-likeness (QED) is 0.515. The van der Waals surface area contributed by atoms with E-state index in [1.165, 1.54) is 10.4 Å². The molecule has 0 aliphatic heterocycles. The van der Waals surface area contributed by atoms with Gasteiger partial charge in [-0.2, -0.15) is 0 Å². The summed E-state index contributed by atoms with van der Waals surface area (Å²) in [6.45, 7) is 3.97. The molecule has 0 saturated heterocycles. The van der Waals surface area contributed by atoms with Gasteiger partial charge in [-0.15, -0.1) is 11.3 Å². The molecule has 7 heteroatoms. The molecule has 0 spiro atoms. The lowest BCUT2D eigenvalue weighted by molar-refractivity contribution is -0.130. The number of hydrogen-bond acceptors (Lipinski definition) is 3. The highest BCUT2D eigenvalue weighted by Gasteiger charge is 2.11. The van der Waals surface area contributed by atoms with Crippen LogP contribution in [0.25, 0.3) is 0 Å². The van der Waals surface area contributed by atoms with Gasteiger partial charge in [0.1, 0.15) is 0 Å². The van der Waals surface area contributed by atoms with E-state index in [1.807, 2.05) is 31.3 Å². The zero-order valence-corrected chi connectivity index (χ0v) is 17.8. The van der Waals surface area contributed by atoms with Crippen LogP contribution in [0.2, 0.25) is 0 Å². The highest BCUT2D eigenvalue weighted by molar-refractivity contribution is 9.10. The fraction of sp³-hybridized carbons (Fsp3) is 0.368. The molecule has 0 radical (unpaired) electrons. The third-order valence-corrected chi connectivity index (χ3v) is 5.83. The van der Waals surface area contributed by atoms with E-state index in [-0.39, 0.29) is 5.91 Å². The Labute approximate surface area is 167 Å². The molecule has 0 aliphatic carbocycles. The maximum Gasteiger partial charge on any atom is 0.224 e. The first-order chi connectivity index (χ1) is 12.5. The van der Waals surface area contributed by atoms with Crippen molar-refractivity contribution in [3.63, 3.8) is 0 Å². The average Bonchev–Trinajstić information content (AvgIpc) is 3.04. The van der Waals surface area contributed by atoms with Crippen LogP contribution in [-0.2, 0) is 17.9 Å². The SMILES string of the molecule is CN=C(NCCC(=O)N(C)Cc1ccccc1Br)NCc1sccc1C. The molecule has 2 N–H and O–H groups in total. The fourth-order valence-electron chi connectivity index (χ4n) is 2.42. The molecule has 140 valence electrons. The first-order valence-corrected chi connectivity index (χ1v) is 10.1. The largest absolute Gasteiger partial charge is 0.356 e. The Balaban J connectivity index is 1.74. The zero-order valence-electron chi connectivity index (χ0n) is 15.4. The smallest absolute Gasteiger partial charge is 0.224 e. The van der Waals surface area contributed by atoms with Gasteiger partial charge in [-0.25, -0.2) is 0 Å². The van der Waals surface area contributed by atoms with Crippen LogP contribution in [0.1, 0.15) is 22.4 Å². The number of carbonyl (C=O) groups is 1. The van der Waals surface area contributed by atoms with Crippen LogP contribution in [0.3, 0.4) is 0 Å². The van der Waals surface area contributed by atoms with Gasteiger partial charge in [0, 0.05) is 43.0 Å². The lowest BCUT2D eigenvalue weighted by Gasteiger charge is -2.19.